The van der Waals surface area contributed by atoms with Crippen LogP contribution in [0.2, 0.25) is 0 Å². The molecule has 0 atom stereocenters. The van der Waals surface area contributed by atoms with Gasteiger partial charge in [-0.15, -0.1) is 0 Å². The van der Waals surface area contributed by atoms with Crippen molar-refractivity contribution < 1.29 is 4.79 Å². The number of hydrogen-bond donors (Lipinski definition) is 1. The van der Waals surface area contributed by atoms with Gasteiger partial charge in [-0.25, -0.2) is 9.67 Å². The van der Waals surface area contributed by atoms with Crippen LogP contribution >= 0.6 is 0 Å². The molecule has 0 unspecified atom stereocenters. The smallest absolute Gasteiger partial charge is 0.274 e. The number of nitrogens with zero attached hydrogens (tertiary/aromatic N) is 3. The lowest BCUT2D eigenvalue weighted by Crippen LogP contribution is -2.28. The van der Waals surface area contributed by atoms with Crippen molar-refractivity contribution in [2.45, 2.75) is 33.7 Å². The molecular weight excluding hydrogens is 328 g/mol. The third-order valence-corrected chi connectivity index (χ3v) is 3.99. The highest BCUT2D eigenvalue weighted by molar-refractivity contribution is 5.94. The van der Waals surface area contributed by atoms with Crippen LogP contribution in [0.5, 0.6) is 0 Å². The molecule has 2 aromatic heterocycles. The molecule has 0 saturated heterocycles. The number of hydrogen-bond acceptors (Lipinski definition) is 4. The molecule has 6 heteroatoms. The van der Waals surface area contributed by atoms with Gasteiger partial charge in [0.05, 0.1) is 17.5 Å². The highest BCUT2D eigenvalue weighted by Gasteiger charge is 2.14. The number of rotatable bonds is 5. The summed E-state index contributed by atoms with van der Waals surface area (Å²) in [5, 5.41) is 8.55. The molecule has 1 aromatic carbocycles. The SMILES string of the molecule is Cc1ccnc(NC(=O)Cc2nn(CC(C)C)c(=O)c3ccccc23)c1. The topological polar surface area (TPSA) is 76.9 Å². The number of carbonyl (C=O) groups excluding carboxylic acids is 1. The Bertz CT molecular complexity index is 1010. The van der Waals surface area contributed by atoms with Crippen LogP contribution in [0.25, 0.3) is 10.8 Å². The Labute approximate surface area is 151 Å². The summed E-state index contributed by atoms with van der Waals surface area (Å²) >= 11 is 0. The largest absolute Gasteiger partial charge is 0.310 e. The number of pyridine rings is 1. The van der Waals surface area contributed by atoms with Crippen molar-refractivity contribution in [2.24, 2.45) is 5.92 Å². The van der Waals surface area contributed by atoms with Crippen molar-refractivity contribution in [2.75, 3.05) is 5.32 Å². The summed E-state index contributed by atoms with van der Waals surface area (Å²) in [4.78, 5) is 29.2. The zero-order valence-electron chi connectivity index (χ0n) is 15.2. The van der Waals surface area contributed by atoms with Crippen molar-refractivity contribution in [1.82, 2.24) is 14.8 Å². The van der Waals surface area contributed by atoms with Gasteiger partial charge in [0.2, 0.25) is 5.91 Å². The van der Waals surface area contributed by atoms with Gasteiger partial charge in [0, 0.05) is 18.1 Å². The van der Waals surface area contributed by atoms with Gasteiger partial charge >= 0.3 is 0 Å². The van der Waals surface area contributed by atoms with Crippen LogP contribution in [0, 0.1) is 12.8 Å². The minimum absolute atomic E-state index is 0.0779. The molecule has 0 radical (unpaired) electrons. The fraction of sp³-hybridized carbons (Fsp3) is 0.300. The van der Waals surface area contributed by atoms with Gasteiger partial charge in [-0.1, -0.05) is 32.0 Å². The van der Waals surface area contributed by atoms with Crippen molar-refractivity contribution >= 4 is 22.5 Å². The normalized spacial score (nSPS) is 11.1. The Morgan fingerprint density at radius 1 is 1.19 bits per heavy atom. The highest BCUT2D eigenvalue weighted by atomic mass is 16.2. The maximum absolute atomic E-state index is 12.6. The fourth-order valence-corrected chi connectivity index (χ4v) is 2.85. The molecule has 3 aromatic rings. The fourth-order valence-electron chi connectivity index (χ4n) is 2.85. The molecular formula is C20H22N4O2. The zero-order chi connectivity index (χ0) is 18.7. The van der Waals surface area contributed by atoms with Crippen LogP contribution in [0.4, 0.5) is 5.82 Å². The molecule has 0 aliphatic carbocycles. The Kier molecular flexibility index (Phi) is 5.11. The van der Waals surface area contributed by atoms with Crippen LogP contribution in [-0.4, -0.2) is 20.7 Å². The van der Waals surface area contributed by atoms with Gasteiger partial charge in [-0.3, -0.25) is 9.59 Å². The summed E-state index contributed by atoms with van der Waals surface area (Å²) in [6, 6.07) is 11.0. The molecule has 26 heavy (non-hydrogen) atoms. The maximum atomic E-state index is 12.6. The summed E-state index contributed by atoms with van der Waals surface area (Å²) in [5.41, 5.74) is 1.48. The molecule has 0 spiro atoms. The number of benzene rings is 1. The molecule has 0 aliphatic rings. The number of aromatic nitrogens is 3. The first-order chi connectivity index (χ1) is 12.4. The minimum Gasteiger partial charge on any atom is -0.310 e. The Hall–Kier alpha value is -3.02. The van der Waals surface area contributed by atoms with Gasteiger partial charge in [0.25, 0.3) is 5.56 Å². The summed E-state index contributed by atoms with van der Waals surface area (Å²) in [6.45, 7) is 6.50. The van der Waals surface area contributed by atoms with Crippen molar-refractivity contribution in [1.29, 1.82) is 0 Å². The lowest BCUT2D eigenvalue weighted by molar-refractivity contribution is -0.115. The van der Waals surface area contributed by atoms with Gasteiger partial charge in [0.15, 0.2) is 0 Å². The Morgan fingerprint density at radius 2 is 1.92 bits per heavy atom. The van der Waals surface area contributed by atoms with Gasteiger partial charge in [0.1, 0.15) is 5.82 Å². The highest BCUT2D eigenvalue weighted by Crippen LogP contribution is 2.15. The molecule has 0 bridgehead atoms. The van der Waals surface area contributed by atoms with E-state index in [4.69, 9.17) is 0 Å². The van der Waals surface area contributed by atoms with E-state index < -0.39 is 0 Å². The lowest BCUT2D eigenvalue weighted by atomic mass is 10.1. The summed E-state index contributed by atoms with van der Waals surface area (Å²) in [6.07, 6.45) is 1.73. The zero-order valence-corrected chi connectivity index (χ0v) is 15.2. The van der Waals surface area contributed by atoms with E-state index in [1.165, 1.54) is 4.68 Å². The number of nitrogens with one attached hydrogen (secondary N) is 1. The van der Waals surface area contributed by atoms with Gasteiger partial charge in [-0.05, 0) is 36.6 Å². The van der Waals surface area contributed by atoms with E-state index >= 15 is 0 Å². The van der Waals surface area contributed by atoms with E-state index in [9.17, 15) is 9.59 Å². The summed E-state index contributed by atoms with van der Waals surface area (Å²) in [7, 11) is 0. The maximum Gasteiger partial charge on any atom is 0.274 e. The van der Waals surface area contributed by atoms with E-state index in [1.54, 1.807) is 12.3 Å². The number of fused-ring (bicyclic) bond motifs is 1. The Morgan fingerprint density at radius 3 is 2.62 bits per heavy atom. The van der Waals surface area contributed by atoms with Crippen LogP contribution in [0.15, 0.2) is 47.4 Å². The van der Waals surface area contributed by atoms with Crippen LogP contribution in [-0.2, 0) is 17.8 Å². The van der Waals surface area contributed by atoms with Crippen molar-refractivity contribution in [3.8, 4) is 0 Å². The first kappa shape index (κ1) is 17.8. The van der Waals surface area contributed by atoms with Crippen LogP contribution < -0.4 is 10.9 Å². The van der Waals surface area contributed by atoms with E-state index in [0.717, 1.165) is 5.56 Å². The molecule has 2 heterocycles. The summed E-state index contributed by atoms with van der Waals surface area (Å²) < 4.78 is 1.46. The first-order valence-corrected chi connectivity index (χ1v) is 8.65. The van der Waals surface area contributed by atoms with Crippen molar-refractivity contribution in [3.63, 3.8) is 0 Å². The average Bonchev–Trinajstić information content (AvgIpc) is 2.58. The average molecular weight is 350 g/mol. The number of carbonyl (C=O) groups is 1. The van der Waals surface area contributed by atoms with E-state index in [2.05, 4.69) is 15.4 Å². The minimum atomic E-state index is -0.213. The molecule has 3 rings (SSSR count). The quantitative estimate of drug-likeness (QED) is 0.767. The predicted octanol–water partition coefficient (Wildman–Crippen LogP) is 2.94. The van der Waals surface area contributed by atoms with Crippen LogP contribution in [0.3, 0.4) is 0 Å². The molecule has 1 amide bonds. The van der Waals surface area contributed by atoms with E-state index in [-0.39, 0.29) is 23.8 Å². The van der Waals surface area contributed by atoms with Crippen molar-refractivity contribution in [3.05, 3.63) is 64.2 Å². The number of anilines is 1. The Balaban J connectivity index is 1.94. The second-order valence-corrected chi connectivity index (χ2v) is 6.82. The first-order valence-electron chi connectivity index (χ1n) is 8.65. The number of aryl methyl sites for hydroxylation is 1. The second kappa shape index (κ2) is 7.47. The third kappa shape index (κ3) is 3.96. The molecule has 0 aliphatic heterocycles. The standard InChI is InChI=1S/C20H22N4O2/c1-13(2)12-24-20(26)16-7-5-4-6-15(16)17(23-24)11-19(25)22-18-10-14(3)8-9-21-18/h4-10,13H,11-12H2,1-3H3,(H,21,22,25). The molecule has 6 nitrogen and oxygen atoms in total. The monoisotopic (exact) mass is 350 g/mol. The van der Waals surface area contributed by atoms with Gasteiger partial charge < -0.3 is 5.32 Å². The molecule has 134 valence electrons. The second-order valence-electron chi connectivity index (χ2n) is 6.82. The van der Waals surface area contributed by atoms with Crippen LogP contribution in [0.1, 0.15) is 25.1 Å². The van der Waals surface area contributed by atoms with Gasteiger partial charge in [-0.2, -0.15) is 5.10 Å². The molecule has 1 N–H and O–H groups in total. The molecule has 0 saturated carbocycles. The third-order valence-electron chi connectivity index (χ3n) is 3.99. The van der Waals surface area contributed by atoms with E-state index in [1.807, 2.05) is 51.1 Å². The van der Waals surface area contributed by atoms with E-state index in [0.29, 0.717) is 28.8 Å². The predicted molar refractivity (Wildman–Crippen MR) is 102 cm³/mol. The summed E-state index contributed by atoms with van der Waals surface area (Å²) in [5.74, 6) is 0.574. The lowest BCUT2D eigenvalue weighted by Gasteiger charge is -2.12. The number of amides is 1. The molecule has 0 fully saturated rings.